The predicted molar refractivity (Wildman–Crippen MR) is 150 cm³/mol. The highest BCUT2D eigenvalue weighted by Gasteiger charge is 2.42. The Morgan fingerprint density at radius 1 is 1.07 bits per heavy atom. The fraction of sp³-hybridized carbons (Fsp3) is 0.345. The van der Waals surface area contributed by atoms with Gasteiger partial charge in [-0.1, -0.05) is 23.7 Å². The van der Waals surface area contributed by atoms with E-state index in [-0.39, 0.29) is 27.8 Å². The number of pyridine rings is 1. The van der Waals surface area contributed by atoms with Gasteiger partial charge in [0.05, 0.1) is 28.9 Å². The highest BCUT2D eigenvalue weighted by atomic mass is 35.5. The summed E-state index contributed by atoms with van der Waals surface area (Å²) in [6.45, 7) is 3.54. The fourth-order valence-corrected chi connectivity index (χ4v) is 5.43. The van der Waals surface area contributed by atoms with Crippen molar-refractivity contribution in [2.24, 2.45) is 0 Å². The largest absolute Gasteiger partial charge is 0.497 e. The van der Waals surface area contributed by atoms with E-state index in [1.165, 1.54) is 12.4 Å². The lowest BCUT2D eigenvalue weighted by Gasteiger charge is -2.29. The van der Waals surface area contributed by atoms with Crippen LogP contribution in [0.1, 0.15) is 35.4 Å². The molecular weight excluding hydrogens is 541 g/mol. The standard InChI is InChI=1S/C29H28ClF3N6O/c1-40-19-6-2-17(3-7-19)15-35-25-14-20(18-4-5-18)26(29(31,32)33)27(38-25)21-13-24-22(12-23(21)30)28(37-16-36-24)39-10-8-34-9-11-39/h2-3,6-7,12-14,16,18,34H,4-5,8-11,15H2,1H3,(H,35,38). The number of ether oxygens (including phenoxy) is 1. The van der Waals surface area contributed by atoms with Crippen LogP contribution in [0.15, 0.2) is 48.8 Å². The van der Waals surface area contributed by atoms with Crippen LogP contribution in [0, 0.1) is 0 Å². The van der Waals surface area contributed by atoms with Crippen molar-refractivity contribution in [1.82, 2.24) is 20.3 Å². The summed E-state index contributed by atoms with van der Waals surface area (Å²) >= 11 is 6.75. The number of aromatic nitrogens is 3. The van der Waals surface area contributed by atoms with Crippen molar-refractivity contribution in [3.05, 3.63) is 70.5 Å². The Morgan fingerprint density at radius 2 is 1.82 bits per heavy atom. The van der Waals surface area contributed by atoms with Gasteiger partial charge >= 0.3 is 6.18 Å². The molecule has 6 rings (SSSR count). The molecule has 0 unspecified atom stereocenters. The quantitative estimate of drug-likeness (QED) is 0.272. The number of hydrogen-bond acceptors (Lipinski definition) is 7. The lowest BCUT2D eigenvalue weighted by Crippen LogP contribution is -2.44. The molecule has 11 heteroatoms. The van der Waals surface area contributed by atoms with Crippen molar-refractivity contribution in [3.8, 4) is 17.0 Å². The van der Waals surface area contributed by atoms with Crippen LogP contribution in [0.25, 0.3) is 22.2 Å². The molecule has 0 spiro atoms. The van der Waals surface area contributed by atoms with E-state index >= 15 is 0 Å². The third kappa shape index (κ3) is 5.38. The molecule has 0 bridgehead atoms. The molecular formula is C29H28ClF3N6O. The Bertz CT molecular complexity index is 1540. The van der Waals surface area contributed by atoms with Crippen LogP contribution >= 0.6 is 11.6 Å². The second kappa shape index (κ2) is 10.7. The maximum Gasteiger partial charge on any atom is 0.418 e. The van der Waals surface area contributed by atoms with Gasteiger partial charge in [0.2, 0.25) is 0 Å². The lowest BCUT2D eigenvalue weighted by molar-refractivity contribution is -0.137. The van der Waals surface area contributed by atoms with Gasteiger partial charge in [-0.2, -0.15) is 13.2 Å². The van der Waals surface area contributed by atoms with Crippen molar-refractivity contribution in [2.45, 2.75) is 31.5 Å². The average molecular weight is 569 g/mol. The molecule has 2 aromatic carbocycles. The molecule has 40 heavy (non-hydrogen) atoms. The highest BCUT2D eigenvalue weighted by Crippen LogP contribution is 2.50. The molecule has 0 amide bonds. The van der Waals surface area contributed by atoms with Crippen molar-refractivity contribution in [2.75, 3.05) is 43.5 Å². The van der Waals surface area contributed by atoms with Crippen LogP contribution in [-0.2, 0) is 12.7 Å². The smallest absolute Gasteiger partial charge is 0.418 e. The van der Waals surface area contributed by atoms with E-state index in [9.17, 15) is 13.2 Å². The monoisotopic (exact) mass is 568 g/mol. The Balaban J connectivity index is 1.44. The van der Waals surface area contributed by atoms with Gasteiger partial charge in [-0.3, -0.25) is 0 Å². The molecule has 2 N–H and O–H groups in total. The topological polar surface area (TPSA) is 75.2 Å². The zero-order valence-electron chi connectivity index (χ0n) is 21.9. The number of hydrogen-bond donors (Lipinski definition) is 2. The summed E-state index contributed by atoms with van der Waals surface area (Å²) in [4.78, 5) is 15.5. The maximum atomic E-state index is 14.6. The summed E-state index contributed by atoms with van der Waals surface area (Å²) in [6, 6.07) is 12.3. The van der Waals surface area contributed by atoms with Crippen molar-refractivity contribution < 1.29 is 17.9 Å². The van der Waals surface area contributed by atoms with E-state index in [1.807, 2.05) is 24.3 Å². The summed E-state index contributed by atoms with van der Waals surface area (Å²) in [5, 5.41) is 7.40. The van der Waals surface area contributed by atoms with Gasteiger partial charge < -0.3 is 20.3 Å². The van der Waals surface area contributed by atoms with E-state index in [2.05, 4.69) is 30.5 Å². The summed E-state index contributed by atoms with van der Waals surface area (Å²) < 4.78 is 49.1. The summed E-state index contributed by atoms with van der Waals surface area (Å²) in [5.74, 6) is 1.64. The Labute approximate surface area is 234 Å². The van der Waals surface area contributed by atoms with Crippen molar-refractivity contribution in [1.29, 1.82) is 0 Å². The summed E-state index contributed by atoms with van der Waals surface area (Å²) in [5.41, 5.74) is 0.975. The van der Waals surface area contributed by atoms with E-state index in [0.717, 1.165) is 43.3 Å². The van der Waals surface area contributed by atoms with Crippen LogP contribution in [-0.4, -0.2) is 48.2 Å². The number of anilines is 2. The molecule has 2 aromatic heterocycles. The normalized spacial score (nSPS) is 15.9. The molecule has 2 aliphatic rings. The number of halogens is 4. The molecule has 208 valence electrons. The van der Waals surface area contributed by atoms with Gasteiger partial charge in [0.15, 0.2) is 0 Å². The molecule has 0 radical (unpaired) electrons. The number of nitrogens with zero attached hydrogens (tertiary/aromatic N) is 4. The van der Waals surface area contributed by atoms with Gasteiger partial charge in [0.25, 0.3) is 0 Å². The van der Waals surface area contributed by atoms with E-state index in [0.29, 0.717) is 36.1 Å². The van der Waals surface area contributed by atoms with Gasteiger partial charge in [0, 0.05) is 43.7 Å². The molecule has 1 saturated carbocycles. The Kier molecular flexibility index (Phi) is 7.14. The minimum atomic E-state index is -4.61. The number of fused-ring (bicyclic) bond motifs is 1. The Hall–Kier alpha value is -3.63. The SMILES string of the molecule is COc1ccc(CNc2cc(C3CC3)c(C(F)(F)F)c(-c3cc4ncnc(N5CCNCC5)c4cc3Cl)n2)cc1. The van der Waals surface area contributed by atoms with Gasteiger partial charge in [0.1, 0.15) is 23.7 Å². The number of piperazine rings is 1. The minimum Gasteiger partial charge on any atom is -0.497 e. The Morgan fingerprint density at radius 3 is 2.50 bits per heavy atom. The number of benzene rings is 2. The zero-order chi connectivity index (χ0) is 27.9. The van der Waals surface area contributed by atoms with Crippen LogP contribution in [0.4, 0.5) is 24.8 Å². The molecule has 1 saturated heterocycles. The van der Waals surface area contributed by atoms with Crippen LogP contribution in [0.2, 0.25) is 5.02 Å². The first-order valence-corrected chi connectivity index (χ1v) is 13.6. The van der Waals surface area contributed by atoms with Crippen LogP contribution < -0.4 is 20.3 Å². The maximum absolute atomic E-state index is 14.6. The van der Waals surface area contributed by atoms with Crippen molar-refractivity contribution in [3.63, 3.8) is 0 Å². The molecule has 4 aromatic rings. The summed E-state index contributed by atoms with van der Waals surface area (Å²) in [6.07, 6.45) is -1.75. The molecule has 2 fully saturated rings. The molecule has 1 aliphatic carbocycles. The number of alkyl halides is 3. The highest BCUT2D eigenvalue weighted by molar-refractivity contribution is 6.34. The number of rotatable bonds is 7. The minimum absolute atomic E-state index is 0.166. The number of methoxy groups -OCH3 is 1. The predicted octanol–water partition coefficient (Wildman–Crippen LogP) is 6.27. The zero-order valence-corrected chi connectivity index (χ0v) is 22.6. The fourth-order valence-electron chi connectivity index (χ4n) is 5.17. The third-order valence-corrected chi connectivity index (χ3v) is 7.67. The first-order chi connectivity index (χ1) is 19.3. The van der Waals surface area contributed by atoms with Gasteiger partial charge in [-0.25, -0.2) is 15.0 Å². The van der Waals surface area contributed by atoms with Gasteiger partial charge in [-0.05, 0) is 60.2 Å². The van der Waals surface area contributed by atoms with Crippen LogP contribution in [0.3, 0.4) is 0 Å². The van der Waals surface area contributed by atoms with E-state index in [1.54, 1.807) is 19.2 Å². The molecule has 1 aliphatic heterocycles. The van der Waals surface area contributed by atoms with Crippen LogP contribution in [0.5, 0.6) is 5.75 Å². The number of nitrogens with one attached hydrogen (secondary N) is 2. The lowest BCUT2D eigenvalue weighted by atomic mass is 9.96. The van der Waals surface area contributed by atoms with E-state index < -0.39 is 11.7 Å². The second-order valence-electron chi connectivity index (χ2n) is 10.1. The first kappa shape index (κ1) is 26.6. The molecule has 0 atom stereocenters. The first-order valence-electron chi connectivity index (χ1n) is 13.2. The van der Waals surface area contributed by atoms with Crippen molar-refractivity contribution >= 4 is 34.1 Å². The molecule has 3 heterocycles. The summed E-state index contributed by atoms with van der Waals surface area (Å²) in [7, 11) is 1.59. The second-order valence-corrected chi connectivity index (χ2v) is 10.5. The average Bonchev–Trinajstić information content (AvgIpc) is 3.81. The molecule has 7 nitrogen and oxygen atoms in total. The third-order valence-electron chi connectivity index (χ3n) is 7.36. The van der Waals surface area contributed by atoms with E-state index in [4.69, 9.17) is 16.3 Å². The van der Waals surface area contributed by atoms with Gasteiger partial charge in [-0.15, -0.1) is 0 Å².